The Morgan fingerprint density at radius 3 is 2.76 bits per heavy atom. The third-order valence-electron chi connectivity index (χ3n) is 3.63. The van der Waals surface area contributed by atoms with Crippen molar-refractivity contribution in [2.24, 2.45) is 5.92 Å². The molecule has 0 atom stereocenters. The van der Waals surface area contributed by atoms with Gasteiger partial charge in [0.2, 0.25) is 11.8 Å². The molecule has 2 rings (SSSR count). The van der Waals surface area contributed by atoms with Crippen molar-refractivity contribution in [3.63, 3.8) is 0 Å². The van der Waals surface area contributed by atoms with Crippen LogP contribution in [0.1, 0.15) is 38.3 Å². The first-order valence-electron chi connectivity index (χ1n) is 7.53. The lowest BCUT2D eigenvalue weighted by Crippen LogP contribution is -2.35. The molecule has 0 bridgehead atoms. The maximum absolute atomic E-state index is 10.8. The fourth-order valence-electron chi connectivity index (χ4n) is 2.53. The minimum atomic E-state index is -0.712. The summed E-state index contributed by atoms with van der Waals surface area (Å²) in [7, 11) is 0. The van der Waals surface area contributed by atoms with Gasteiger partial charge >= 0.3 is 5.97 Å². The molecule has 6 heteroatoms. The van der Waals surface area contributed by atoms with E-state index in [0.717, 1.165) is 38.0 Å². The van der Waals surface area contributed by atoms with E-state index in [1.807, 2.05) is 13.0 Å². The lowest BCUT2D eigenvalue weighted by Gasteiger charge is -2.31. The number of ether oxygens (including phenoxy) is 1. The van der Waals surface area contributed by atoms with Gasteiger partial charge in [-0.1, -0.05) is 6.92 Å². The average Bonchev–Trinajstić information content (AvgIpc) is 2.44. The maximum Gasteiger partial charge on any atom is 0.303 e. The fourth-order valence-corrected chi connectivity index (χ4v) is 2.53. The second kappa shape index (κ2) is 7.24. The van der Waals surface area contributed by atoms with Crippen LogP contribution in [0, 0.1) is 12.8 Å². The first-order valence-corrected chi connectivity index (χ1v) is 7.53. The first-order chi connectivity index (χ1) is 10.1. The smallest absolute Gasteiger partial charge is 0.303 e. The van der Waals surface area contributed by atoms with E-state index in [0.29, 0.717) is 18.4 Å². The second-order valence-electron chi connectivity index (χ2n) is 5.52. The van der Waals surface area contributed by atoms with Crippen LogP contribution >= 0.6 is 0 Å². The zero-order valence-corrected chi connectivity index (χ0v) is 12.7. The Labute approximate surface area is 125 Å². The molecule has 116 valence electrons. The number of aryl methyl sites for hydroxylation is 1. The molecule has 0 spiro atoms. The van der Waals surface area contributed by atoms with Crippen LogP contribution in [-0.2, 0) is 4.79 Å². The van der Waals surface area contributed by atoms with Crippen molar-refractivity contribution in [1.82, 2.24) is 9.97 Å². The van der Waals surface area contributed by atoms with E-state index in [-0.39, 0.29) is 12.3 Å². The van der Waals surface area contributed by atoms with Crippen molar-refractivity contribution < 1.29 is 14.6 Å². The van der Waals surface area contributed by atoms with Crippen molar-refractivity contribution in [3.05, 3.63) is 11.8 Å². The number of carboxylic acids is 1. The highest BCUT2D eigenvalue weighted by Gasteiger charge is 2.23. The van der Waals surface area contributed by atoms with E-state index in [2.05, 4.69) is 21.8 Å². The molecular weight excluding hydrogens is 270 g/mol. The molecule has 0 aliphatic carbocycles. The largest absolute Gasteiger partial charge is 0.481 e. The molecule has 1 fully saturated rings. The van der Waals surface area contributed by atoms with Crippen LogP contribution in [0.2, 0.25) is 0 Å². The van der Waals surface area contributed by atoms with Crippen LogP contribution in [0.25, 0.3) is 0 Å². The fraction of sp³-hybridized carbons (Fsp3) is 0.667. The Kier molecular flexibility index (Phi) is 5.36. The van der Waals surface area contributed by atoms with Crippen LogP contribution in [0.15, 0.2) is 6.07 Å². The van der Waals surface area contributed by atoms with E-state index in [4.69, 9.17) is 9.84 Å². The van der Waals surface area contributed by atoms with Crippen molar-refractivity contribution in [1.29, 1.82) is 0 Å². The van der Waals surface area contributed by atoms with E-state index < -0.39 is 5.97 Å². The quantitative estimate of drug-likeness (QED) is 0.867. The second-order valence-corrected chi connectivity index (χ2v) is 5.52. The molecule has 1 aromatic rings. The van der Waals surface area contributed by atoms with Gasteiger partial charge in [0.15, 0.2) is 0 Å². The Balaban J connectivity index is 1.99. The van der Waals surface area contributed by atoms with Gasteiger partial charge in [-0.15, -0.1) is 0 Å². The molecular formula is C15H23N3O3. The van der Waals surface area contributed by atoms with Gasteiger partial charge in [-0.25, -0.2) is 4.98 Å². The number of hydrogen-bond donors (Lipinski definition) is 1. The standard InChI is InChI=1S/C15H23N3O3/c1-3-8-21-13-9-11(2)16-15(17-13)18-6-4-12(5-7-18)10-14(19)20/h9,12H,3-8,10H2,1-2H3,(H,19,20). The number of aromatic nitrogens is 2. The molecule has 1 aliphatic heterocycles. The van der Waals surface area contributed by atoms with E-state index in [1.165, 1.54) is 0 Å². The molecule has 0 radical (unpaired) electrons. The number of nitrogens with zero attached hydrogens (tertiary/aromatic N) is 3. The highest BCUT2D eigenvalue weighted by molar-refractivity contribution is 5.67. The van der Waals surface area contributed by atoms with Gasteiger partial charge in [-0.05, 0) is 32.1 Å². The van der Waals surface area contributed by atoms with Gasteiger partial charge in [0.25, 0.3) is 0 Å². The predicted octanol–water partition coefficient (Wildman–Crippen LogP) is 2.26. The molecule has 1 aliphatic rings. The molecule has 1 N–H and O–H groups in total. The summed E-state index contributed by atoms with van der Waals surface area (Å²) < 4.78 is 5.59. The summed E-state index contributed by atoms with van der Waals surface area (Å²) in [5, 5.41) is 8.85. The number of carbonyl (C=O) groups is 1. The Morgan fingerprint density at radius 2 is 2.14 bits per heavy atom. The Bertz CT molecular complexity index is 485. The molecule has 2 heterocycles. The predicted molar refractivity (Wildman–Crippen MR) is 79.7 cm³/mol. The summed E-state index contributed by atoms with van der Waals surface area (Å²) in [5.41, 5.74) is 0.888. The van der Waals surface area contributed by atoms with E-state index >= 15 is 0 Å². The van der Waals surface area contributed by atoms with Crippen LogP contribution in [0.5, 0.6) is 5.88 Å². The maximum atomic E-state index is 10.8. The zero-order valence-electron chi connectivity index (χ0n) is 12.7. The molecule has 0 aromatic carbocycles. The van der Waals surface area contributed by atoms with Crippen molar-refractivity contribution in [2.75, 3.05) is 24.6 Å². The van der Waals surface area contributed by atoms with Gasteiger partial charge in [0, 0.05) is 31.3 Å². The van der Waals surface area contributed by atoms with Crippen LogP contribution < -0.4 is 9.64 Å². The van der Waals surface area contributed by atoms with Gasteiger partial charge in [-0.3, -0.25) is 4.79 Å². The summed E-state index contributed by atoms with van der Waals surface area (Å²) in [5.74, 6) is 0.858. The molecule has 1 saturated heterocycles. The lowest BCUT2D eigenvalue weighted by atomic mass is 9.94. The van der Waals surface area contributed by atoms with E-state index in [9.17, 15) is 4.79 Å². The average molecular weight is 293 g/mol. The van der Waals surface area contributed by atoms with Crippen LogP contribution in [0.4, 0.5) is 5.95 Å². The summed E-state index contributed by atoms with van der Waals surface area (Å²) in [6.07, 6.45) is 2.94. The normalized spacial score (nSPS) is 16.0. The zero-order chi connectivity index (χ0) is 15.2. The van der Waals surface area contributed by atoms with Gasteiger partial charge in [-0.2, -0.15) is 4.98 Å². The number of carboxylic acid groups (broad SMARTS) is 1. The number of anilines is 1. The number of rotatable bonds is 6. The van der Waals surface area contributed by atoms with Crippen molar-refractivity contribution in [2.45, 2.75) is 39.5 Å². The summed E-state index contributed by atoms with van der Waals surface area (Å²) in [4.78, 5) is 21.8. The number of piperidine rings is 1. The van der Waals surface area contributed by atoms with Crippen molar-refractivity contribution in [3.8, 4) is 5.88 Å². The van der Waals surface area contributed by atoms with Crippen LogP contribution in [0.3, 0.4) is 0 Å². The monoisotopic (exact) mass is 293 g/mol. The van der Waals surface area contributed by atoms with Gasteiger partial charge in [0.05, 0.1) is 6.61 Å². The lowest BCUT2D eigenvalue weighted by molar-refractivity contribution is -0.138. The molecule has 0 unspecified atom stereocenters. The molecule has 1 aromatic heterocycles. The minimum absolute atomic E-state index is 0.257. The highest BCUT2D eigenvalue weighted by atomic mass is 16.5. The molecule has 21 heavy (non-hydrogen) atoms. The first kappa shape index (κ1) is 15.5. The summed E-state index contributed by atoms with van der Waals surface area (Å²) in [6.45, 7) is 6.24. The Hall–Kier alpha value is -1.85. The number of aliphatic carboxylic acids is 1. The van der Waals surface area contributed by atoms with Gasteiger partial charge in [0.1, 0.15) is 0 Å². The molecule has 0 saturated carbocycles. The molecule has 6 nitrogen and oxygen atoms in total. The highest BCUT2D eigenvalue weighted by Crippen LogP contribution is 2.24. The number of hydrogen-bond acceptors (Lipinski definition) is 5. The van der Waals surface area contributed by atoms with E-state index in [1.54, 1.807) is 0 Å². The van der Waals surface area contributed by atoms with Crippen molar-refractivity contribution >= 4 is 11.9 Å². The summed E-state index contributed by atoms with van der Waals surface area (Å²) >= 11 is 0. The molecule has 0 amide bonds. The topological polar surface area (TPSA) is 75.5 Å². The third-order valence-corrected chi connectivity index (χ3v) is 3.63. The van der Waals surface area contributed by atoms with Crippen LogP contribution in [-0.4, -0.2) is 40.7 Å². The third kappa shape index (κ3) is 4.58. The SMILES string of the molecule is CCCOc1cc(C)nc(N2CCC(CC(=O)O)CC2)n1. The van der Waals surface area contributed by atoms with Gasteiger partial charge < -0.3 is 14.7 Å². The minimum Gasteiger partial charge on any atom is -0.481 e. The Morgan fingerprint density at radius 1 is 1.43 bits per heavy atom. The summed E-state index contributed by atoms with van der Waals surface area (Å²) in [6, 6.07) is 1.84.